The SMILES string of the molecule is COC(=O)C1=C(C)N=c2s/c(=C\c3c(C)[nH]c4ccccc34)c(=O)n2C1c1ccc(C(C)C)cc1. The molecule has 0 amide bonds. The van der Waals surface area contributed by atoms with Gasteiger partial charge in [0, 0.05) is 22.2 Å². The highest BCUT2D eigenvalue weighted by Crippen LogP contribution is 2.31. The fraction of sp³-hybridized carbons (Fsp3) is 0.250. The topological polar surface area (TPSA) is 76.4 Å². The number of hydrogen-bond donors (Lipinski definition) is 1. The number of benzene rings is 2. The Hall–Kier alpha value is -3.71. The Kier molecular flexibility index (Phi) is 5.81. The van der Waals surface area contributed by atoms with Crippen LogP contribution in [0.25, 0.3) is 17.0 Å². The van der Waals surface area contributed by atoms with Crippen molar-refractivity contribution in [2.24, 2.45) is 4.99 Å². The molecule has 0 fully saturated rings. The van der Waals surface area contributed by atoms with Crippen LogP contribution in [0.15, 0.2) is 69.6 Å². The van der Waals surface area contributed by atoms with E-state index in [1.807, 2.05) is 49.4 Å². The third-order valence-corrected chi connectivity index (χ3v) is 7.55. The van der Waals surface area contributed by atoms with Crippen molar-refractivity contribution in [3.63, 3.8) is 0 Å². The first-order chi connectivity index (χ1) is 16.8. The Morgan fingerprint density at radius 3 is 2.54 bits per heavy atom. The highest BCUT2D eigenvalue weighted by Gasteiger charge is 2.33. The Balaban J connectivity index is 1.75. The lowest BCUT2D eigenvalue weighted by molar-refractivity contribution is -0.136. The number of methoxy groups -OCH3 is 1. The number of aryl methyl sites for hydroxylation is 1. The van der Waals surface area contributed by atoms with Crippen LogP contribution in [0, 0.1) is 6.92 Å². The van der Waals surface area contributed by atoms with Crippen LogP contribution >= 0.6 is 11.3 Å². The third kappa shape index (κ3) is 3.86. The number of rotatable bonds is 4. The molecule has 0 saturated carbocycles. The van der Waals surface area contributed by atoms with E-state index in [0.717, 1.165) is 27.7 Å². The quantitative estimate of drug-likeness (QED) is 0.438. The van der Waals surface area contributed by atoms with Crippen molar-refractivity contribution in [2.75, 3.05) is 7.11 Å². The van der Waals surface area contributed by atoms with Gasteiger partial charge in [-0.3, -0.25) is 9.36 Å². The number of allylic oxidation sites excluding steroid dienone is 1. The van der Waals surface area contributed by atoms with Gasteiger partial charge < -0.3 is 9.72 Å². The molecule has 178 valence electrons. The molecule has 1 aliphatic heterocycles. The molecule has 6 nitrogen and oxygen atoms in total. The van der Waals surface area contributed by atoms with Gasteiger partial charge in [0.15, 0.2) is 4.80 Å². The number of nitrogens with one attached hydrogen (secondary N) is 1. The summed E-state index contributed by atoms with van der Waals surface area (Å²) in [5.41, 5.74) is 5.80. The van der Waals surface area contributed by atoms with Gasteiger partial charge in [-0.15, -0.1) is 0 Å². The summed E-state index contributed by atoms with van der Waals surface area (Å²) >= 11 is 1.34. The van der Waals surface area contributed by atoms with Gasteiger partial charge in [-0.1, -0.05) is 67.6 Å². The molecule has 3 heterocycles. The summed E-state index contributed by atoms with van der Waals surface area (Å²) in [5, 5.41) is 1.06. The second-order valence-corrected chi connectivity index (χ2v) is 10.1. The van der Waals surface area contributed by atoms with E-state index in [1.54, 1.807) is 11.5 Å². The first-order valence-corrected chi connectivity index (χ1v) is 12.4. The van der Waals surface area contributed by atoms with Crippen molar-refractivity contribution in [1.82, 2.24) is 9.55 Å². The summed E-state index contributed by atoms with van der Waals surface area (Å²) in [4.78, 5) is 35.3. The molecule has 5 rings (SSSR count). The maximum atomic E-state index is 13.8. The van der Waals surface area contributed by atoms with Gasteiger partial charge in [0.2, 0.25) is 0 Å². The molecular formula is C28H27N3O3S. The zero-order valence-electron chi connectivity index (χ0n) is 20.4. The van der Waals surface area contributed by atoms with E-state index >= 15 is 0 Å². The first-order valence-electron chi connectivity index (χ1n) is 11.6. The molecule has 35 heavy (non-hydrogen) atoms. The van der Waals surface area contributed by atoms with Crippen molar-refractivity contribution in [3.05, 3.63) is 102 Å². The van der Waals surface area contributed by atoms with E-state index in [2.05, 4.69) is 36.0 Å². The zero-order valence-corrected chi connectivity index (χ0v) is 21.2. The van der Waals surface area contributed by atoms with E-state index in [0.29, 0.717) is 26.5 Å². The van der Waals surface area contributed by atoms with Crippen molar-refractivity contribution < 1.29 is 9.53 Å². The average Bonchev–Trinajstić information content (AvgIpc) is 3.33. The summed E-state index contributed by atoms with van der Waals surface area (Å²) in [6.07, 6.45) is 1.92. The van der Waals surface area contributed by atoms with Crippen LogP contribution in [-0.2, 0) is 9.53 Å². The van der Waals surface area contributed by atoms with Crippen LogP contribution in [-0.4, -0.2) is 22.6 Å². The van der Waals surface area contributed by atoms with Crippen LogP contribution in [0.2, 0.25) is 0 Å². The predicted octanol–water partition coefficient (Wildman–Crippen LogP) is 4.32. The van der Waals surface area contributed by atoms with Crippen LogP contribution in [0.5, 0.6) is 0 Å². The van der Waals surface area contributed by atoms with Crippen LogP contribution in [0.1, 0.15) is 55.1 Å². The Morgan fingerprint density at radius 1 is 1.14 bits per heavy atom. The van der Waals surface area contributed by atoms with E-state index in [1.165, 1.54) is 24.0 Å². The Bertz CT molecular complexity index is 1670. The van der Waals surface area contributed by atoms with Crippen molar-refractivity contribution in [3.8, 4) is 0 Å². The fourth-order valence-electron chi connectivity index (χ4n) is 4.69. The number of aromatic nitrogens is 2. The minimum absolute atomic E-state index is 0.176. The van der Waals surface area contributed by atoms with Crippen molar-refractivity contribution in [2.45, 2.75) is 39.7 Å². The molecule has 7 heteroatoms. The summed E-state index contributed by atoms with van der Waals surface area (Å²) in [5.74, 6) is -0.103. The number of fused-ring (bicyclic) bond motifs is 2. The summed E-state index contributed by atoms with van der Waals surface area (Å²) < 4.78 is 7.30. The summed E-state index contributed by atoms with van der Waals surface area (Å²) in [6, 6.07) is 15.5. The molecule has 0 bridgehead atoms. The molecular weight excluding hydrogens is 458 g/mol. The lowest BCUT2D eigenvalue weighted by Gasteiger charge is -2.24. The number of carbonyl (C=O) groups excluding carboxylic acids is 1. The normalized spacial score (nSPS) is 16.1. The molecule has 0 saturated heterocycles. The highest BCUT2D eigenvalue weighted by atomic mass is 32.1. The molecule has 0 radical (unpaired) electrons. The molecule has 1 unspecified atom stereocenters. The highest BCUT2D eigenvalue weighted by molar-refractivity contribution is 7.07. The van der Waals surface area contributed by atoms with Crippen molar-refractivity contribution in [1.29, 1.82) is 0 Å². The average molecular weight is 486 g/mol. The molecule has 1 N–H and O–H groups in total. The van der Waals surface area contributed by atoms with Crippen LogP contribution in [0.4, 0.5) is 0 Å². The van der Waals surface area contributed by atoms with Gasteiger partial charge in [0.05, 0.1) is 29.0 Å². The largest absolute Gasteiger partial charge is 0.466 e. The lowest BCUT2D eigenvalue weighted by atomic mass is 9.93. The standard InChI is InChI=1S/C28H27N3O3S/c1-15(2)18-10-12-19(13-11-18)25-24(27(33)34-5)17(4)30-28-31(25)26(32)23(35-28)14-21-16(3)29-22-9-7-6-8-20(21)22/h6-15,25,29H,1-5H3/b23-14-. The smallest absolute Gasteiger partial charge is 0.338 e. The zero-order chi connectivity index (χ0) is 24.9. The Morgan fingerprint density at radius 2 is 1.86 bits per heavy atom. The maximum absolute atomic E-state index is 13.8. The molecule has 0 spiro atoms. The molecule has 2 aromatic carbocycles. The number of H-pyrrole nitrogens is 1. The summed E-state index contributed by atoms with van der Waals surface area (Å²) in [7, 11) is 1.35. The minimum atomic E-state index is -0.605. The van der Waals surface area contributed by atoms with Gasteiger partial charge in [0.1, 0.15) is 0 Å². The van der Waals surface area contributed by atoms with Gasteiger partial charge >= 0.3 is 5.97 Å². The first kappa shape index (κ1) is 23.1. The second kappa shape index (κ2) is 8.82. The summed E-state index contributed by atoms with van der Waals surface area (Å²) in [6.45, 7) is 8.06. The van der Waals surface area contributed by atoms with Gasteiger partial charge in [-0.05, 0) is 43.0 Å². The number of nitrogens with zero attached hydrogens (tertiary/aromatic N) is 2. The number of ether oxygens (including phenoxy) is 1. The van der Waals surface area contributed by atoms with Gasteiger partial charge in [-0.25, -0.2) is 9.79 Å². The monoisotopic (exact) mass is 485 g/mol. The predicted molar refractivity (Wildman–Crippen MR) is 139 cm³/mol. The van der Waals surface area contributed by atoms with Gasteiger partial charge in [-0.2, -0.15) is 0 Å². The minimum Gasteiger partial charge on any atom is -0.466 e. The van der Waals surface area contributed by atoms with E-state index in [4.69, 9.17) is 4.74 Å². The number of thiazole rings is 1. The van der Waals surface area contributed by atoms with E-state index in [9.17, 15) is 9.59 Å². The molecule has 4 aromatic rings. The maximum Gasteiger partial charge on any atom is 0.338 e. The van der Waals surface area contributed by atoms with Crippen LogP contribution < -0.4 is 14.9 Å². The number of hydrogen-bond acceptors (Lipinski definition) is 5. The fourth-order valence-corrected chi connectivity index (χ4v) is 5.72. The van der Waals surface area contributed by atoms with E-state index < -0.39 is 12.0 Å². The molecule has 1 aliphatic rings. The van der Waals surface area contributed by atoms with E-state index in [-0.39, 0.29) is 5.56 Å². The molecule has 0 aliphatic carbocycles. The number of para-hydroxylation sites is 1. The Labute approximate surface area is 206 Å². The van der Waals surface area contributed by atoms with Crippen molar-refractivity contribution >= 4 is 34.3 Å². The molecule has 1 atom stereocenters. The third-order valence-electron chi connectivity index (χ3n) is 6.56. The molecule has 2 aromatic heterocycles. The number of aromatic amines is 1. The number of carbonyl (C=O) groups is 1. The lowest BCUT2D eigenvalue weighted by Crippen LogP contribution is -2.39. The van der Waals surface area contributed by atoms with Crippen LogP contribution in [0.3, 0.4) is 0 Å². The second-order valence-electron chi connectivity index (χ2n) is 9.10. The number of esters is 1. The van der Waals surface area contributed by atoms with Gasteiger partial charge in [0.25, 0.3) is 5.56 Å².